The molecule has 5 nitrogen and oxygen atoms in total. The molecule has 5 heteroatoms. The molecule has 0 aliphatic carbocycles. The topological polar surface area (TPSA) is 54.5 Å². The van der Waals surface area contributed by atoms with Gasteiger partial charge < -0.3 is 15.0 Å². The number of pyridine rings is 1. The first-order valence-corrected chi connectivity index (χ1v) is 7.05. The molecule has 1 aliphatic heterocycles. The summed E-state index contributed by atoms with van der Waals surface area (Å²) in [4.78, 5) is 18.6. The lowest BCUT2D eigenvalue weighted by atomic mass is 10.1. The van der Waals surface area contributed by atoms with Crippen molar-refractivity contribution >= 4 is 5.91 Å². The molecule has 0 aromatic carbocycles. The van der Waals surface area contributed by atoms with Crippen molar-refractivity contribution in [1.82, 2.24) is 15.2 Å². The molecule has 0 bridgehead atoms. The van der Waals surface area contributed by atoms with Crippen molar-refractivity contribution in [2.24, 2.45) is 0 Å². The summed E-state index contributed by atoms with van der Waals surface area (Å²) in [6.07, 6.45) is 2.78. The third-order valence-electron chi connectivity index (χ3n) is 3.83. The van der Waals surface area contributed by atoms with Crippen molar-refractivity contribution in [3.05, 3.63) is 23.0 Å². The van der Waals surface area contributed by atoms with E-state index in [1.807, 2.05) is 31.9 Å². The monoisotopic (exact) mass is 277 g/mol. The minimum absolute atomic E-state index is 0.120. The van der Waals surface area contributed by atoms with E-state index in [0.29, 0.717) is 6.54 Å². The van der Waals surface area contributed by atoms with Crippen LogP contribution in [-0.4, -0.2) is 42.0 Å². The largest absolute Gasteiger partial charge is 0.496 e. The second-order valence-corrected chi connectivity index (χ2v) is 5.34. The Balaban J connectivity index is 2.23. The number of nitrogens with zero attached hydrogens (tertiary/aromatic N) is 2. The third kappa shape index (κ3) is 2.93. The first-order valence-electron chi connectivity index (χ1n) is 7.05. The normalized spacial score (nSPS) is 19.9. The van der Waals surface area contributed by atoms with Crippen LogP contribution in [0.3, 0.4) is 0 Å². The highest BCUT2D eigenvalue weighted by Crippen LogP contribution is 2.25. The number of nitrogens with one attached hydrogen (secondary N) is 1. The predicted octanol–water partition coefficient (Wildman–Crippen LogP) is 1.42. The number of aryl methyl sites for hydroxylation is 1. The smallest absolute Gasteiger partial charge is 0.239 e. The molecule has 1 atom stereocenters. The van der Waals surface area contributed by atoms with Crippen molar-refractivity contribution < 1.29 is 9.53 Å². The summed E-state index contributed by atoms with van der Waals surface area (Å²) in [5.74, 6) is 1.01. The van der Waals surface area contributed by atoms with Crippen LogP contribution < -0.4 is 10.1 Å². The van der Waals surface area contributed by atoms with Crippen molar-refractivity contribution in [3.8, 4) is 5.75 Å². The van der Waals surface area contributed by atoms with Crippen molar-refractivity contribution in [3.63, 3.8) is 0 Å². The van der Waals surface area contributed by atoms with Crippen LogP contribution in [0.4, 0.5) is 0 Å². The van der Waals surface area contributed by atoms with Crippen molar-refractivity contribution in [1.29, 1.82) is 0 Å². The summed E-state index contributed by atoms with van der Waals surface area (Å²) in [7, 11) is 1.67. The number of hydrogen-bond donors (Lipinski definition) is 1. The van der Waals surface area contributed by atoms with Gasteiger partial charge in [0.1, 0.15) is 5.75 Å². The number of carbonyl (C=O) groups is 1. The number of aromatic nitrogens is 1. The van der Waals surface area contributed by atoms with E-state index in [2.05, 4.69) is 10.3 Å². The van der Waals surface area contributed by atoms with E-state index >= 15 is 0 Å². The van der Waals surface area contributed by atoms with Gasteiger partial charge in [-0.3, -0.25) is 9.78 Å². The molecule has 20 heavy (non-hydrogen) atoms. The molecule has 1 unspecified atom stereocenters. The molecule has 2 rings (SSSR count). The van der Waals surface area contributed by atoms with Gasteiger partial charge in [0.25, 0.3) is 0 Å². The Morgan fingerprint density at radius 2 is 2.25 bits per heavy atom. The van der Waals surface area contributed by atoms with Crippen LogP contribution >= 0.6 is 0 Å². The second-order valence-electron chi connectivity index (χ2n) is 5.34. The number of hydrogen-bond acceptors (Lipinski definition) is 4. The maximum absolute atomic E-state index is 12.3. The zero-order valence-electron chi connectivity index (χ0n) is 12.7. The van der Waals surface area contributed by atoms with E-state index in [4.69, 9.17) is 4.74 Å². The molecule has 1 aromatic rings. The van der Waals surface area contributed by atoms with Gasteiger partial charge in [-0.25, -0.2) is 0 Å². The van der Waals surface area contributed by atoms with Gasteiger partial charge in [0, 0.05) is 23.9 Å². The van der Waals surface area contributed by atoms with Crippen molar-refractivity contribution in [2.75, 3.05) is 20.2 Å². The second kappa shape index (κ2) is 6.22. The number of carbonyl (C=O) groups excluding carboxylic acids is 1. The summed E-state index contributed by atoms with van der Waals surface area (Å²) < 4.78 is 5.42. The lowest BCUT2D eigenvalue weighted by Gasteiger charge is -2.23. The van der Waals surface area contributed by atoms with Gasteiger partial charge in [-0.1, -0.05) is 0 Å². The van der Waals surface area contributed by atoms with Crippen LogP contribution in [0.2, 0.25) is 0 Å². The maximum Gasteiger partial charge on any atom is 0.239 e. The van der Waals surface area contributed by atoms with Crippen LogP contribution in [0.25, 0.3) is 0 Å². The molecule has 1 amide bonds. The molecular formula is C15H23N3O2. The molecular weight excluding hydrogens is 254 g/mol. The van der Waals surface area contributed by atoms with Crippen LogP contribution in [0, 0.1) is 13.8 Å². The Labute approximate surface area is 120 Å². The quantitative estimate of drug-likeness (QED) is 0.908. The minimum atomic E-state index is -0.120. The number of methoxy groups -OCH3 is 1. The number of amides is 1. The zero-order chi connectivity index (χ0) is 14.7. The molecule has 1 fully saturated rings. The summed E-state index contributed by atoms with van der Waals surface area (Å²) in [6, 6.07) is -0.120. The third-order valence-corrected chi connectivity index (χ3v) is 3.83. The van der Waals surface area contributed by atoms with Gasteiger partial charge in [-0.15, -0.1) is 0 Å². The molecule has 2 heterocycles. The fraction of sp³-hybridized carbons (Fsp3) is 0.600. The van der Waals surface area contributed by atoms with E-state index in [1.54, 1.807) is 7.11 Å². The Bertz CT molecular complexity index is 502. The van der Waals surface area contributed by atoms with Crippen LogP contribution in [0.15, 0.2) is 6.20 Å². The van der Waals surface area contributed by atoms with Gasteiger partial charge in [-0.2, -0.15) is 0 Å². The number of rotatable bonds is 3. The Hall–Kier alpha value is -1.62. The fourth-order valence-corrected chi connectivity index (χ4v) is 2.63. The maximum atomic E-state index is 12.3. The van der Waals surface area contributed by atoms with Gasteiger partial charge in [0.15, 0.2) is 0 Å². The average Bonchev–Trinajstić information content (AvgIpc) is 2.58. The summed E-state index contributed by atoms with van der Waals surface area (Å²) in [5, 5.41) is 3.22. The summed E-state index contributed by atoms with van der Waals surface area (Å²) in [6.45, 7) is 8.09. The van der Waals surface area contributed by atoms with Gasteiger partial charge in [-0.05, 0) is 33.7 Å². The van der Waals surface area contributed by atoms with E-state index in [-0.39, 0.29) is 11.9 Å². The highest BCUT2D eigenvalue weighted by atomic mass is 16.5. The van der Waals surface area contributed by atoms with E-state index in [9.17, 15) is 4.79 Å². The highest BCUT2D eigenvalue weighted by Gasteiger charge is 2.24. The first kappa shape index (κ1) is 14.8. The lowest BCUT2D eigenvalue weighted by Crippen LogP contribution is -2.41. The van der Waals surface area contributed by atoms with Gasteiger partial charge in [0.05, 0.1) is 25.4 Å². The molecule has 0 spiro atoms. The van der Waals surface area contributed by atoms with Crippen molar-refractivity contribution in [2.45, 2.75) is 39.8 Å². The van der Waals surface area contributed by atoms with Gasteiger partial charge in [0.2, 0.25) is 5.91 Å². The van der Waals surface area contributed by atoms with E-state index in [0.717, 1.165) is 42.1 Å². The SMILES string of the molecule is COc1c(C)cnc(CN2CCCNC(C)C2=O)c1C. The summed E-state index contributed by atoms with van der Waals surface area (Å²) >= 11 is 0. The van der Waals surface area contributed by atoms with Gasteiger partial charge >= 0.3 is 0 Å². The standard InChI is InChI=1S/C15H23N3O2/c1-10-8-17-13(11(2)14(10)20-4)9-18-7-5-6-16-12(3)15(18)19/h8,12,16H,5-7,9H2,1-4H3. The van der Waals surface area contributed by atoms with Crippen LogP contribution in [0.5, 0.6) is 5.75 Å². The van der Waals surface area contributed by atoms with Crippen LogP contribution in [0.1, 0.15) is 30.2 Å². The predicted molar refractivity (Wildman–Crippen MR) is 77.8 cm³/mol. The zero-order valence-corrected chi connectivity index (χ0v) is 12.7. The molecule has 0 radical (unpaired) electrons. The molecule has 110 valence electrons. The Kier molecular flexibility index (Phi) is 4.60. The molecule has 1 N–H and O–H groups in total. The molecule has 1 aromatic heterocycles. The lowest BCUT2D eigenvalue weighted by molar-refractivity contribution is -0.132. The Morgan fingerprint density at radius 1 is 1.50 bits per heavy atom. The first-order chi connectivity index (χ1) is 9.54. The van der Waals surface area contributed by atoms with E-state index in [1.165, 1.54) is 0 Å². The van der Waals surface area contributed by atoms with Crippen LogP contribution in [-0.2, 0) is 11.3 Å². The molecule has 0 saturated carbocycles. The summed E-state index contributed by atoms with van der Waals surface area (Å²) in [5.41, 5.74) is 2.95. The minimum Gasteiger partial charge on any atom is -0.496 e. The molecule has 1 saturated heterocycles. The number of ether oxygens (including phenoxy) is 1. The highest BCUT2D eigenvalue weighted by molar-refractivity contribution is 5.81. The fourth-order valence-electron chi connectivity index (χ4n) is 2.63. The van der Waals surface area contributed by atoms with E-state index < -0.39 is 0 Å². The Morgan fingerprint density at radius 3 is 2.95 bits per heavy atom. The molecule has 1 aliphatic rings. The average molecular weight is 277 g/mol.